The fourth-order valence-corrected chi connectivity index (χ4v) is 3.78. The van der Waals surface area contributed by atoms with Gasteiger partial charge in [-0.1, -0.05) is 12.1 Å². The molecule has 0 atom stereocenters. The molecule has 0 aliphatic heterocycles. The molecule has 30 heavy (non-hydrogen) atoms. The molecule has 5 nitrogen and oxygen atoms in total. The van der Waals surface area contributed by atoms with Crippen molar-refractivity contribution in [3.8, 4) is 0 Å². The summed E-state index contributed by atoms with van der Waals surface area (Å²) in [6.07, 6.45) is 0. The molecule has 2 aromatic heterocycles. The standard InChI is InChI=1S/C13H16N2O.C11H14N2.ClH/c1-7-5-6-11(15-10(4)16)12-8(2)9(3)14-13(7)12;1-6-4-5-9(12)10-7(2)8(3)13-11(6)10;/h5-6,14H,1-4H3,(H,15,16);4-5,13H,12H2,1-3H3;1H. The summed E-state index contributed by atoms with van der Waals surface area (Å²) in [7, 11) is 0. The molecule has 160 valence electrons. The summed E-state index contributed by atoms with van der Waals surface area (Å²) < 4.78 is 0. The van der Waals surface area contributed by atoms with Crippen LogP contribution in [0.25, 0.3) is 21.8 Å². The molecule has 4 aromatic rings. The van der Waals surface area contributed by atoms with E-state index in [1.54, 1.807) is 0 Å². The van der Waals surface area contributed by atoms with Gasteiger partial charge >= 0.3 is 0 Å². The van der Waals surface area contributed by atoms with Crippen molar-refractivity contribution >= 4 is 51.5 Å². The van der Waals surface area contributed by atoms with E-state index in [1.807, 2.05) is 31.2 Å². The van der Waals surface area contributed by atoms with Gasteiger partial charge in [0.15, 0.2) is 0 Å². The lowest BCUT2D eigenvalue weighted by atomic mass is 10.1. The van der Waals surface area contributed by atoms with Gasteiger partial charge in [-0.15, -0.1) is 12.4 Å². The smallest absolute Gasteiger partial charge is 0.221 e. The van der Waals surface area contributed by atoms with Gasteiger partial charge in [-0.3, -0.25) is 4.79 Å². The fraction of sp³-hybridized carbons (Fsp3) is 0.292. The van der Waals surface area contributed by atoms with Crippen molar-refractivity contribution in [1.82, 2.24) is 9.97 Å². The molecule has 0 aliphatic rings. The fourth-order valence-electron chi connectivity index (χ4n) is 3.78. The first-order valence-electron chi connectivity index (χ1n) is 9.81. The first-order chi connectivity index (χ1) is 13.6. The number of nitrogens with one attached hydrogen (secondary N) is 3. The number of aromatic nitrogens is 2. The van der Waals surface area contributed by atoms with Gasteiger partial charge in [-0.2, -0.15) is 0 Å². The van der Waals surface area contributed by atoms with Gasteiger partial charge in [0.1, 0.15) is 0 Å². The number of amides is 1. The van der Waals surface area contributed by atoms with Crippen molar-refractivity contribution in [1.29, 1.82) is 0 Å². The van der Waals surface area contributed by atoms with Gasteiger partial charge in [-0.05, 0) is 75.9 Å². The van der Waals surface area contributed by atoms with Crippen LogP contribution in [0.3, 0.4) is 0 Å². The highest BCUT2D eigenvalue weighted by atomic mass is 35.5. The highest BCUT2D eigenvalue weighted by Crippen LogP contribution is 2.31. The van der Waals surface area contributed by atoms with Crippen LogP contribution in [0.2, 0.25) is 0 Å². The molecular formula is C24H31ClN4O. The molecule has 1 amide bonds. The second kappa shape index (κ2) is 8.84. The number of anilines is 2. The maximum Gasteiger partial charge on any atom is 0.221 e. The molecule has 2 aromatic carbocycles. The Kier molecular flexibility index (Phi) is 6.88. The summed E-state index contributed by atoms with van der Waals surface area (Å²) in [5.41, 5.74) is 17.2. The lowest BCUT2D eigenvalue weighted by molar-refractivity contribution is -0.114. The Labute approximate surface area is 183 Å². The molecule has 0 saturated heterocycles. The van der Waals surface area contributed by atoms with Crippen LogP contribution in [0.5, 0.6) is 0 Å². The van der Waals surface area contributed by atoms with E-state index in [2.05, 4.69) is 49.9 Å². The Bertz CT molecular complexity index is 1230. The third kappa shape index (κ3) is 4.17. The number of hydrogen-bond donors (Lipinski definition) is 4. The van der Waals surface area contributed by atoms with Gasteiger partial charge < -0.3 is 21.0 Å². The number of hydrogen-bond acceptors (Lipinski definition) is 2. The predicted molar refractivity (Wildman–Crippen MR) is 131 cm³/mol. The average Bonchev–Trinajstić information content (AvgIpc) is 3.13. The molecule has 4 rings (SSSR count). The molecule has 2 heterocycles. The number of aromatic amines is 2. The number of halogens is 1. The maximum absolute atomic E-state index is 11.1. The summed E-state index contributed by atoms with van der Waals surface area (Å²) in [6, 6.07) is 7.99. The van der Waals surface area contributed by atoms with Crippen LogP contribution in [-0.4, -0.2) is 15.9 Å². The summed E-state index contributed by atoms with van der Waals surface area (Å²) in [4.78, 5) is 17.9. The molecule has 6 heteroatoms. The molecule has 0 aliphatic carbocycles. The molecule has 0 unspecified atom stereocenters. The van der Waals surface area contributed by atoms with Crippen LogP contribution in [0.15, 0.2) is 24.3 Å². The molecule has 5 N–H and O–H groups in total. The number of rotatable bonds is 1. The van der Waals surface area contributed by atoms with Gasteiger partial charge in [0, 0.05) is 34.8 Å². The number of aryl methyl sites for hydroxylation is 6. The molecular weight excluding hydrogens is 396 g/mol. The minimum Gasteiger partial charge on any atom is -0.398 e. The van der Waals surface area contributed by atoms with Gasteiger partial charge in [-0.25, -0.2) is 0 Å². The quantitative estimate of drug-likeness (QED) is 0.275. The van der Waals surface area contributed by atoms with Crippen LogP contribution in [-0.2, 0) is 4.79 Å². The van der Waals surface area contributed by atoms with Crippen molar-refractivity contribution in [3.63, 3.8) is 0 Å². The predicted octanol–water partition coefficient (Wildman–Crippen LogP) is 6.15. The number of nitrogen functional groups attached to an aromatic ring is 1. The minimum absolute atomic E-state index is 0. The lowest BCUT2D eigenvalue weighted by Gasteiger charge is -2.06. The summed E-state index contributed by atoms with van der Waals surface area (Å²) in [5.74, 6) is -0.0385. The molecule has 0 saturated carbocycles. The Balaban J connectivity index is 0.000000211. The van der Waals surface area contributed by atoms with E-state index in [4.69, 9.17) is 5.73 Å². The zero-order valence-corrected chi connectivity index (χ0v) is 19.5. The lowest BCUT2D eigenvalue weighted by Crippen LogP contribution is -2.06. The van der Waals surface area contributed by atoms with E-state index >= 15 is 0 Å². The molecule has 0 spiro atoms. The number of benzene rings is 2. The van der Waals surface area contributed by atoms with E-state index in [-0.39, 0.29) is 18.3 Å². The van der Waals surface area contributed by atoms with Gasteiger partial charge in [0.25, 0.3) is 0 Å². The zero-order chi connectivity index (χ0) is 21.5. The summed E-state index contributed by atoms with van der Waals surface area (Å²) in [5, 5.41) is 5.17. The topological polar surface area (TPSA) is 86.7 Å². The van der Waals surface area contributed by atoms with Crippen LogP contribution in [0.1, 0.15) is 40.6 Å². The highest BCUT2D eigenvalue weighted by Gasteiger charge is 2.11. The van der Waals surface area contributed by atoms with Crippen molar-refractivity contribution in [3.05, 3.63) is 57.9 Å². The number of fused-ring (bicyclic) bond motifs is 2. The summed E-state index contributed by atoms with van der Waals surface area (Å²) in [6.45, 7) is 14.0. The Morgan fingerprint density at radius 1 is 0.800 bits per heavy atom. The normalized spacial score (nSPS) is 10.5. The Morgan fingerprint density at radius 3 is 1.77 bits per heavy atom. The van der Waals surface area contributed by atoms with Crippen LogP contribution in [0.4, 0.5) is 11.4 Å². The van der Waals surface area contributed by atoms with Gasteiger partial charge in [0.05, 0.1) is 16.7 Å². The number of nitrogens with two attached hydrogens (primary N) is 1. The maximum atomic E-state index is 11.1. The Hall–Kier alpha value is -2.92. The van der Waals surface area contributed by atoms with Crippen molar-refractivity contribution < 1.29 is 4.79 Å². The molecule has 0 radical (unpaired) electrons. The SMILES string of the molecule is CC(=O)Nc1ccc(C)c2[nH]c(C)c(C)c12.Cc1[nH]c2c(C)ccc(N)c2c1C.Cl. The van der Waals surface area contributed by atoms with Crippen LogP contribution >= 0.6 is 12.4 Å². The third-order valence-corrected chi connectivity index (χ3v) is 5.67. The van der Waals surface area contributed by atoms with Crippen LogP contribution < -0.4 is 11.1 Å². The second-order valence-electron chi connectivity index (χ2n) is 7.83. The Morgan fingerprint density at radius 2 is 1.27 bits per heavy atom. The van der Waals surface area contributed by atoms with E-state index in [0.29, 0.717) is 0 Å². The number of carbonyl (C=O) groups excluding carboxylic acids is 1. The first kappa shape index (κ1) is 23.4. The van der Waals surface area contributed by atoms with Gasteiger partial charge in [0.2, 0.25) is 5.91 Å². The molecule has 0 fully saturated rings. The van der Waals surface area contributed by atoms with Crippen molar-refractivity contribution in [2.24, 2.45) is 0 Å². The van der Waals surface area contributed by atoms with E-state index in [1.165, 1.54) is 45.8 Å². The first-order valence-corrected chi connectivity index (χ1v) is 9.81. The average molecular weight is 427 g/mol. The zero-order valence-electron chi connectivity index (χ0n) is 18.7. The molecule has 0 bridgehead atoms. The third-order valence-electron chi connectivity index (χ3n) is 5.67. The summed E-state index contributed by atoms with van der Waals surface area (Å²) >= 11 is 0. The van der Waals surface area contributed by atoms with Crippen LogP contribution in [0, 0.1) is 41.5 Å². The van der Waals surface area contributed by atoms with Crippen molar-refractivity contribution in [2.75, 3.05) is 11.1 Å². The van der Waals surface area contributed by atoms with E-state index < -0.39 is 0 Å². The largest absolute Gasteiger partial charge is 0.398 e. The highest BCUT2D eigenvalue weighted by molar-refractivity contribution is 6.03. The van der Waals surface area contributed by atoms with E-state index in [0.717, 1.165) is 28.0 Å². The monoisotopic (exact) mass is 426 g/mol. The number of H-pyrrole nitrogens is 2. The van der Waals surface area contributed by atoms with E-state index in [9.17, 15) is 4.79 Å². The number of carbonyl (C=O) groups is 1. The minimum atomic E-state index is -0.0385. The van der Waals surface area contributed by atoms with Crippen molar-refractivity contribution in [2.45, 2.75) is 48.5 Å². The second-order valence-corrected chi connectivity index (χ2v) is 7.83.